The highest BCUT2D eigenvalue weighted by molar-refractivity contribution is 14.0. The summed E-state index contributed by atoms with van der Waals surface area (Å²) in [7, 11) is 1.82. The Labute approximate surface area is 172 Å². The molecule has 2 heterocycles. The monoisotopic (exact) mass is 479 g/mol. The average Bonchev–Trinajstić information content (AvgIpc) is 3.09. The number of likely N-dealkylation sites (tertiary alicyclic amines) is 1. The summed E-state index contributed by atoms with van der Waals surface area (Å²) < 4.78 is 5.13. The zero-order valence-corrected chi connectivity index (χ0v) is 18.5. The molecule has 5 nitrogen and oxygen atoms in total. The number of nitrogens with one attached hydrogen (secondary N) is 1. The van der Waals surface area contributed by atoms with Crippen LogP contribution in [0.4, 0.5) is 0 Å². The first-order valence-corrected chi connectivity index (χ1v) is 9.66. The summed E-state index contributed by atoms with van der Waals surface area (Å²) in [4.78, 5) is 19.9. The van der Waals surface area contributed by atoms with Crippen molar-refractivity contribution in [3.63, 3.8) is 0 Å². The number of aliphatic imine (C=N–C) groups is 1. The maximum absolute atomic E-state index is 11.8. The Morgan fingerprint density at radius 3 is 2.76 bits per heavy atom. The van der Waals surface area contributed by atoms with Crippen molar-refractivity contribution in [1.82, 2.24) is 10.2 Å². The minimum Gasteiger partial charge on any atom is -0.466 e. The molecule has 0 spiro atoms. The highest BCUT2D eigenvalue weighted by atomic mass is 127. The molecule has 1 aliphatic heterocycles. The molecule has 0 radical (unpaired) electrons. The number of nitrogens with zero attached hydrogens (tertiary/aromatic N) is 2. The molecule has 0 saturated carbocycles. The summed E-state index contributed by atoms with van der Waals surface area (Å²) in [5, 5.41) is 5.61. The smallest absolute Gasteiger partial charge is 0.309 e. The van der Waals surface area contributed by atoms with Crippen LogP contribution in [-0.4, -0.2) is 50.1 Å². The number of carbonyl (C=O) groups is 1. The summed E-state index contributed by atoms with van der Waals surface area (Å²) in [5.41, 5.74) is 0. The van der Waals surface area contributed by atoms with Crippen LogP contribution in [0.1, 0.15) is 31.6 Å². The Morgan fingerprint density at radius 2 is 2.20 bits per heavy atom. The summed E-state index contributed by atoms with van der Waals surface area (Å²) in [5.74, 6) is 1.48. The number of ether oxygens (including phenoxy) is 1. The fraction of sp³-hybridized carbons (Fsp3) is 0.667. The molecule has 0 bridgehead atoms. The van der Waals surface area contributed by atoms with Gasteiger partial charge in [0, 0.05) is 31.6 Å². The van der Waals surface area contributed by atoms with Crippen LogP contribution in [0.15, 0.2) is 22.5 Å². The van der Waals surface area contributed by atoms with E-state index in [1.54, 1.807) is 0 Å². The summed E-state index contributed by atoms with van der Waals surface area (Å²) in [6, 6.07) is 4.29. The van der Waals surface area contributed by atoms with E-state index in [9.17, 15) is 4.79 Å². The van der Waals surface area contributed by atoms with Gasteiger partial charge in [-0.25, -0.2) is 0 Å². The topological polar surface area (TPSA) is 53.9 Å². The largest absolute Gasteiger partial charge is 0.466 e. The maximum atomic E-state index is 11.8. The van der Waals surface area contributed by atoms with Crippen LogP contribution in [0.5, 0.6) is 0 Å². The number of carbonyl (C=O) groups excluding carboxylic acids is 1. The fourth-order valence-corrected chi connectivity index (χ4v) is 3.90. The van der Waals surface area contributed by atoms with Crippen LogP contribution in [-0.2, 0) is 16.0 Å². The minimum atomic E-state index is -0.0512. The molecule has 1 unspecified atom stereocenters. The van der Waals surface area contributed by atoms with E-state index in [2.05, 4.69) is 39.6 Å². The lowest BCUT2D eigenvalue weighted by molar-refractivity contribution is -0.149. The normalized spacial score (nSPS) is 16.9. The third-order valence-corrected chi connectivity index (χ3v) is 5.26. The van der Waals surface area contributed by atoms with Gasteiger partial charge in [-0.05, 0) is 43.6 Å². The van der Waals surface area contributed by atoms with Crippen molar-refractivity contribution < 1.29 is 9.53 Å². The summed E-state index contributed by atoms with van der Waals surface area (Å²) in [6.07, 6.45) is 2.77. The number of esters is 1. The van der Waals surface area contributed by atoms with E-state index in [-0.39, 0.29) is 35.9 Å². The Kier molecular flexibility index (Phi) is 10.4. The lowest BCUT2D eigenvalue weighted by Crippen LogP contribution is -2.47. The van der Waals surface area contributed by atoms with Crippen LogP contribution in [0, 0.1) is 11.8 Å². The molecular weight excluding hydrogens is 449 g/mol. The number of guanidine groups is 1. The van der Waals surface area contributed by atoms with Gasteiger partial charge in [0.15, 0.2) is 5.96 Å². The third-order valence-electron chi connectivity index (χ3n) is 4.36. The van der Waals surface area contributed by atoms with Gasteiger partial charge in [0.2, 0.25) is 0 Å². The number of rotatable bonds is 6. The highest BCUT2D eigenvalue weighted by Gasteiger charge is 2.27. The molecule has 1 aromatic rings. The standard InChI is InChI=1S/C18H29N3O2S.HI/c1-4-23-17(22)15-7-9-21(10-8-15)18(19-3)20-13-14(2)12-16-6-5-11-24-16;/h5-6,11,14-15H,4,7-10,12-13H2,1-3H3,(H,19,20);1H. The van der Waals surface area contributed by atoms with Crippen molar-refractivity contribution in [3.8, 4) is 0 Å². The number of hydrogen-bond acceptors (Lipinski definition) is 4. The second-order valence-electron chi connectivity index (χ2n) is 6.33. The van der Waals surface area contributed by atoms with Crippen molar-refractivity contribution in [1.29, 1.82) is 0 Å². The van der Waals surface area contributed by atoms with Crippen LogP contribution >= 0.6 is 35.3 Å². The molecule has 7 heteroatoms. The van der Waals surface area contributed by atoms with Crippen molar-refractivity contribution in [3.05, 3.63) is 22.4 Å². The Hall–Kier alpha value is -0.830. The van der Waals surface area contributed by atoms with Crippen molar-refractivity contribution in [2.24, 2.45) is 16.8 Å². The number of thiophene rings is 1. The zero-order valence-electron chi connectivity index (χ0n) is 15.4. The SMILES string of the molecule is CCOC(=O)C1CCN(C(=NC)NCC(C)Cc2cccs2)CC1.I. The number of piperidine rings is 1. The second kappa shape index (κ2) is 11.7. The molecule has 1 N–H and O–H groups in total. The number of halogens is 1. The van der Waals surface area contributed by atoms with Gasteiger partial charge in [-0.2, -0.15) is 0 Å². The lowest BCUT2D eigenvalue weighted by atomic mass is 9.97. The van der Waals surface area contributed by atoms with E-state index in [1.807, 2.05) is 25.3 Å². The summed E-state index contributed by atoms with van der Waals surface area (Å²) >= 11 is 1.81. The van der Waals surface area contributed by atoms with Crippen molar-refractivity contribution >= 4 is 47.2 Å². The van der Waals surface area contributed by atoms with Crippen molar-refractivity contribution in [2.45, 2.75) is 33.1 Å². The Balaban J connectivity index is 0.00000312. The molecule has 2 rings (SSSR count). The molecule has 0 amide bonds. The van der Waals surface area contributed by atoms with Gasteiger partial charge in [0.1, 0.15) is 0 Å². The minimum absolute atomic E-state index is 0. The molecule has 1 aliphatic rings. The van der Waals surface area contributed by atoms with E-state index in [0.29, 0.717) is 12.5 Å². The third kappa shape index (κ3) is 7.13. The van der Waals surface area contributed by atoms with Crippen LogP contribution < -0.4 is 5.32 Å². The van der Waals surface area contributed by atoms with E-state index in [1.165, 1.54) is 4.88 Å². The molecule has 25 heavy (non-hydrogen) atoms. The van der Waals surface area contributed by atoms with Crippen LogP contribution in [0.25, 0.3) is 0 Å². The first-order chi connectivity index (χ1) is 11.6. The first kappa shape index (κ1) is 22.2. The molecule has 1 aromatic heterocycles. The van der Waals surface area contributed by atoms with Gasteiger partial charge in [-0.3, -0.25) is 9.79 Å². The average molecular weight is 479 g/mol. The van der Waals surface area contributed by atoms with E-state index >= 15 is 0 Å². The molecule has 1 fully saturated rings. The molecule has 1 atom stereocenters. The van der Waals surface area contributed by atoms with E-state index in [0.717, 1.165) is 44.9 Å². The predicted molar refractivity (Wildman–Crippen MR) is 115 cm³/mol. The zero-order chi connectivity index (χ0) is 17.4. The Bertz CT molecular complexity index is 528. The Morgan fingerprint density at radius 1 is 1.48 bits per heavy atom. The molecule has 0 aliphatic carbocycles. The predicted octanol–water partition coefficient (Wildman–Crippen LogP) is 3.40. The maximum Gasteiger partial charge on any atom is 0.309 e. The molecule has 0 aromatic carbocycles. The van der Waals surface area contributed by atoms with Gasteiger partial charge in [-0.1, -0.05) is 13.0 Å². The molecular formula is C18H30IN3O2S. The first-order valence-electron chi connectivity index (χ1n) is 8.78. The van der Waals surface area contributed by atoms with Crippen LogP contribution in [0.2, 0.25) is 0 Å². The quantitative estimate of drug-likeness (QED) is 0.294. The van der Waals surface area contributed by atoms with Gasteiger partial charge >= 0.3 is 5.97 Å². The van der Waals surface area contributed by atoms with Gasteiger partial charge in [-0.15, -0.1) is 35.3 Å². The van der Waals surface area contributed by atoms with E-state index in [4.69, 9.17) is 4.74 Å². The molecule has 142 valence electrons. The summed E-state index contributed by atoms with van der Waals surface area (Å²) in [6.45, 7) is 7.18. The van der Waals surface area contributed by atoms with Gasteiger partial charge in [0.25, 0.3) is 0 Å². The highest BCUT2D eigenvalue weighted by Crippen LogP contribution is 2.19. The van der Waals surface area contributed by atoms with Crippen molar-refractivity contribution in [2.75, 3.05) is 33.3 Å². The van der Waals surface area contributed by atoms with Crippen LogP contribution in [0.3, 0.4) is 0 Å². The molecule has 1 saturated heterocycles. The number of hydrogen-bond donors (Lipinski definition) is 1. The van der Waals surface area contributed by atoms with E-state index < -0.39 is 0 Å². The van der Waals surface area contributed by atoms with Gasteiger partial charge in [0.05, 0.1) is 12.5 Å². The second-order valence-corrected chi connectivity index (χ2v) is 7.36. The fourth-order valence-electron chi connectivity index (χ4n) is 3.03. The lowest BCUT2D eigenvalue weighted by Gasteiger charge is -2.33. The van der Waals surface area contributed by atoms with Gasteiger partial charge < -0.3 is 15.0 Å².